The van der Waals surface area contributed by atoms with Crippen molar-refractivity contribution in [1.82, 2.24) is 20.5 Å². The molecule has 0 spiro atoms. The number of hydrogen-bond donors (Lipinski definition) is 5. The van der Waals surface area contributed by atoms with E-state index in [1.807, 2.05) is 24.3 Å². The minimum atomic E-state index is -0.600. The molecule has 3 aromatic carbocycles. The molecule has 6 rings (SSSR count). The molecule has 0 fully saturated rings. The molecule has 18 heteroatoms. The first-order chi connectivity index (χ1) is 34.8. The van der Waals surface area contributed by atoms with Crippen molar-refractivity contribution >= 4 is 58.5 Å². The number of likely N-dealkylation sites (N-methyl/N-ethyl adjacent to an activating group) is 1. The smallest absolute Gasteiger partial charge is 0.409 e. The Morgan fingerprint density at radius 3 is 2.26 bits per heavy atom. The van der Waals surface area contributed by atoms with Gasteiger partial charge in [-0.05, 0) is 111 Å². The summed E-state index contributed by atoms with van der Waals surface area (Å²) < 4.78 is 41.3. The average molecular weight is 995 g/mol. The van der Waals surface area contributed by atoms with Gasteiger partial charge in [0.25, 0.3) is 11.8 Å². The number of aromatic nitrogens is 1. The normalized spacial score (nSPS) is 13.8. The van der Waals surface area contributed by atoms with Gasteiger partial charge < -0.3 is 54.8 Å². The maximum atomic E-state index is 14.1. The minimum absolute atomic E-state index is 0.0481. The second kappa shape index (κ2) is 27.2. The molecule has 72 heavy (non-hydrogen) atoms. The third kappa shape index (κ3) is 14.5. The Hall–Kier alpha value is -6.73. The van der Waals surface area contributed by atoms with E-state index in [0.717, 1.165) is 35.1 Å². The number of rotatable bonds is 29. The summed E-state index contributed by atoms with van der Waals surface area (Å²) in [5, 5.41) is 11.4. The maximum Gasteiger partial charge on any atom is 0.409 e. The van der Waals surface area contributed by atoms with E-state index in [9.17, 15) is 33.2 Å². The number of nitrogens with zero attached hydrogens (tertiary/aromatic N) is 1. The molecule has 2 aliphatic rings. The van der Waals surface area contributed by atoms with Crippen molar-refractivity contribution in [3.05, 3.63) is 105 Å². The average Bonchev–Trinajstić information content (AvgIpc) is 3.96. The number of fused-ring (bicyclic) bond motifs is 4. The number of carbonyl (C=O) groups excluding carboxylic acids is 6. The van der Waals surface area contributed by atoms with Crippen LogP contribution >= 0.6 is 0 Å². The fraction of sp³-hybridized carbons (Fsp3) is 0.444. The summed E-state index contributed by atoms with van der Waals surface area (Å²) in [7, 11) is 3.27. The lowest BCUT2D eigenvalue weighted by atomic mass is 9.93. The largest absolute Gasteiger partial charge is 0.448 e. The van der Waals surface area contributed by atoms with E-state index < -0.39 is 17.8 Å². The number of nitrogens with one attached hydrogen (secondary N) is 5. The molecular formula is C54H67FN6O11. The number of aryl methyl sites for hydroxylation is 1. The van der Waals surface area contributed by atoms with Crippen LogP contribution in [0.1, 0.15) is 112 Å². The van der Waals surface area contributed by atoms with Gasteiger partial charge in [0, 0.05) is 133 Å². The second-order valence-corrected chi connectivity index (χ2v) is 17.6. The first-order valence-electron chi connectivity index (χ1n) is 24.6. The van der Waals surface area contributed by atoms with Crippen molar-refractivity contribution in [2.45, 2.75) is 71.6 Å². The molecule has 1 aliphatic heterocycles. The molecule has 1 aliphatic carbocycles. The summed E-state index contributed by atoms with van der Waals surface area (Å²) in [5.41, 5.74) is 7.47. The van der Waals surface area contributed by atoms with Crippen molar-refractivity contribution in [3.8, 4) is 11.1 Å². The Kier molecular flexibility index (Phi) is 20.6. The summed E-state index contributed by atoms with van der Waals surface area (Å²) in [6, 6.07) is 15.1. The molecule has 0 saturated heterocycles. The number of aromatic amines is 1. The third-order valence-electron chi connectivity index (χ3n) is 12.5. The summed E-state index contributed by atoms with van der Waals surface area (Å²) in [5.74, 6) is -2.20. The molecule has 386 valence electrons. The van der Waals surface area contributed by atoms with Gasteiger partial charge in [-0.25, -0.2) is 9.18 Å². The van der Waals surface area contributed by atoms with Crippen LogP contribution < -0.4 is 21.3 Å². The lowest BCUT2D eigenvalue weighted by Crippen LogP contribution is -2.39. The minimum Gasteiger partial charge on any atom is -0.448 e. The van der Waals surface area contributed by atoms with E-state index in [1.165, 1.54) is 23.1 Å². The molecule has 1 unspecified atom stereocenters. The number of Topliss-reactive ketones (excluding diaryl/α,β-unsaturated/α-hetero) is 1. The van der Waals surface area contributed by atoms with Gasteiger partial charge in [-0.15, -0.1) is 0 Å². The molecule has 5 N–H and O–H groups in total. The van der Waals surface area contributed by atoms with Crippen molar-refractivity contribution in [3.63, 3.8) is 0 Å². The monoisotopic (exact) mass is 994 g/mol. The van der Waals surface area contributed by atoms with E-state index in [-0.39, 0.29) is 80.5 Å². The third-order valence-corrected chi connectivity index (χ3v) is 12.5. The van der Waals surface area contributed by atoms with Crippen LogP contribution in [0.3, 0.4) is 0 Å². The highest BCUT2D eigenvalue weighted by molar-refractivity contribution is 6.35. The topological polar surface area (TPSA) is 216 Å². The van der Waals surface area contributed by atoms with Gasteiger partial charge >= 0.3 is 6.09 Å². The van der Waals surface area contributed by atoms with Gasteiger partial charge in [0.15, 0.2) is 5.78 Å². The van der Waals surface area contributed by atoms with Crippen molar-refractivity contribution in [2.24, 2.45) is 0 Å². The molecule has 1 atom stereocenters. The Labute approximate surface area is 419 Å². The molecule has 17 nitrogen and oxygen atoms in total. The first-order valence-corrected chi connectivity index (χ1v) is 24.6. The van der Waals surface area contributed by atoms with Crippen molar-refractivity contribution in [1.29, 1.82) is 0 Å². The standard InChI is InChI=1S/C54H67FN6O11/c1-6-61(23-21-57-53(66)50-34(2)46(58-35(50)3)32-43-42-30-36(55)17-20-45(42)60-52(43)65)54(67)72-33-44-38-12-7-13-40(47(62)14-9-26-70-27-10-24-68-4)51(38)39-19-18-37(31-41(39)44)59-49(64)16-8-15-48(63)56-22-29-71-28-11-25-69-5/h7,12-13,17-20,30-32,44,58H,6,8-11,14-16,21-29,33H2,1-5H3,(H,56,63)(H,57,66)(H,59,64)(H,60,65)/b43-32-. The van der Waals surface area contributed by atoms with Crippen LogP contribution in [-0.2, 0) is 38.1 Å². The molecule has 0 radical (unpaired) electrons. The highest BCUT2D eigenvalue weighted by Crippen LogP contribution is 2.48. The van der Waals surface area contributed by atoms with Crippen molar-refractivity contribution in [2.75, 3.05) is 97.3 Å². The number of amides is 5. The van der Waals surface area contributed by atoms with E-state index >= 15 is 0 Å². The number of halogens is 1. The molecule has 0 saturated carbocycles. The van der Waals surface area contributed by atoms with Crippen LogP contribution in [0.2, 0.25) is 0 Å². The Morgan fingerprint density at radius 1 is 0.778 bits per heavy atom. The lowest BCUT2D eigenvalue weighted by molar-refractivity contribution is -0.121. The fourth-order valence-electron chi connectivity index (χ4n) is 8.89. The van der Waals surface area contributed by atoms with E-state index in [0.29, 0.717) is 104 Å². The number of hydrogen-bond acceptors (Lipinski definition) is 11. The number of methoxy groups -OCH3 is 2. The van der Waals surface area contributed by atoms with Crippen molar-refractivity contribution < 1.29 is 56.8 Å². The van der Waals surface area contributed by atoms with Crippen LogP contribution in [-0.4, -0.2) is 132 Å². The lowest BCUT2D eigenvalue weighted by Gasteiger charge is -2.22. The summed E-state index contributed by atoms with van der Waals surface area (Å²) in [6.45, 7) is 9.24. The van der Waals surface area contributed by atoms with Crippen LogP contribution in [0.4, 0.5) is 20.6 Å². The number of benzene rings is 3. The predicted octanol–water partition coefficient (Wildman–Crippen LogP) is 7.56. The van der Waals surface area contributed by atoms with Gasteiger partial charge in [0.1, 0.15) is 12.4 Å². The SMILES string of the molecule is CCN(CCNC(=O)c1c(C)[nH]c(/C=C2\C(=O)Nc3ccc(F)cc32)c1C)C(=O)OCC1c2cc(NC(=O)CCCC(=O)NCCOCCCOC)ccc2-c2c(C(=O)CCCOCCCOC)cccc21. The summed E-state index contributed by atoms with van der Waals surface area (Å²) >= 11 is 0. The van der Waals surface area contributed by atoms with Crippen LogP contribution in [0.25, 0.3) is 22.8 Å². The number of carbonyl (C=O) groups is 6. The number of ether oxygens (including phenoxy) is 5. The van der Waals surface area contributed by atoms with E-state index in [1.54, 1.807) is 53.2 Å². The van der Waals surface area contributed by atoms with Gasteiger partial charge in [-0.2, -0.15) is 0 Å². The van der Waals surface area contributed by atoms with Gasteiger partial charge in [0.2, 0.25) is 11.8 Å². The fourth-order valence-corrected chi connectivity index (χ4v) is 8.89. The van der Waals surface area contributed by atoms with Crippen LogP contribution in [0.5, 0.6) is 0 Å². The molecule has 0 bridgehead atoms. The quantitative estimate of drug-likeness (QED) is 0.0203. The molecule has 2 heterocycles. The Morgan fingerprint density at radius 2 is 1.51 bits per heavy atom. The summed E-state index contributed by atoms with van der Waals surface area (Å²) in [6.07, 6.45) is 3.98. The second-order valence-electron chi connectivity index (χ2n) is 17.6. The molecule has 1 aromatic heterocycles. The highest BCUT2D eigenvalue weighted by Gasteiger charge is 2.34. The first kappa shape index (κ1) is 54.6. The Balaban J connectivity index is 1.09. The van der Waals surface area contributed by atoms with Gasteiger partial charge in [0.05, 0.1) is 17.7 Å². The maximum absolute atomic E-state index is 14.1. The number of anilines is 2. The van der Waals surface area contributed by atoms with Crippen LogP contribution in [0.15, 0.2) is 54.6 Å². The predicted molar refractivity (Wildman–Crippen MR) is 271 cm³/mol. The zero-order chi connectivity index (χ0) is 51.6. The summed E-state index contributed by atoms with van der Waals surface area (Å²) in [4.78, 5) is 84.1. The molecule has 5 amide bonds. The molecular weight excluding hydrogens is 928 g/mol. The van der Waals surface area contributed by atoms with Gasteiger partial charge in [-0.1, -0.05) is 24.3 Å². The van der Waals surface area contributed by atoms with Crippen LogP contribution in [0, 0.1) is 19.7 Å². The van der Waals surface area contributed by atoms with E-state index in [2.05, 4.69) is 26.3 Å². The zero-order valence-corrected chi connectivity index (χ0v) is 41.9. The zero-order valence-electron chi connectivity index (χ0n) is 41.9. The Bertz CT molecular complexity index is 2610. The number of ketones is 1. The molecule has 4 aromatic rings. The number of H-pyrrole nitrogens is 1. The van der Waals surface area contributed by atoms with E-state index in [4.69, 9.17) is 23.7 Å². The highest BCUT2D eigenvalue weighted by atomic mass is 19.1. The van der Waals surface area contributed by atoms with Gasteiger partial charge in [-0.3, -0.25) is 24.0 Å².